The Morgan fingerprint density at radius 2 is 1.87 bits per heavy atom. The molecule has 1 aromatic carbocycles. The summed E-state index contributed by atoms with van der Waals surface area (Å²) in [4.78, 5) is 28.1. The van der Waals surface area contributed by atoms with Crippen LogP contribution in [0.3, 0.4) is 0 Å². The molecule has 0 aliphatic carbocycles. The van der Waals surface area contributed by atoms with E-state index >= 15 is 0 Å². The number of ether oxygens (including phenoxy) is 1. The van der Waals surface area contributed by atoms with Crippen molar-refractivity contribution in [2.24, 2.45) is 5.10 Å². The summed E-state index contributed by atoms with van der Waals surface area (Å²) in [6, 6.07) is 17.7. The summed E-state index contributed by atoms with van der Waals surface area (Å²) in [6.07, 6.45) is 0.916. The number of hydrazone groups is 1. The third-order valence-corrected chi connectivity index (χ3v) is 7.42. The average Bonchev–Trinajstić information content (AvgIpc) is 3.53. The van der Waals surface area contributed by atoms with Crippen LogP contribution in [-0.4, -0.2) is 35.0 Å². The lowest BCUT2D eigenvalue weighted by atomic mass is 10.1. The molecule has 4 rings (SSSR count). The second-order valence-electron chi connectivity index (χ2n) is 6.57. The fourth-order valence-electron chi connectivity index (χ4n) is 3.08. The van der Waals surface area contributed by atoms with E-state index in [1.807, 2.05) is 65.4 Å². The van der Waals surface area contributed by atoms with E-state index in [1.165, 1.54) is 5.01 Å². The Labute approximate surface area is 187 Å². The molecule has 3 aromatic rings. The molecule has 1 atom stereocenters. The Morgan fingerprint density at radius 3 is 2.60 bits per heavy atom. The van der Waals surface area contributed by atoms with E-state index in [4.69, 9.17) is 4.74 Å². The van der Waals surface area contributed by atoms with Gasteiger partial charge in [0.2, 0.25) is 0 Å². The molecule has 0 fully saturated rings. The van der Waals surface area contributed by atoms with Gasteiger partial charge in [0, 0.05) is 21.9 Å². The van der Waals surface area contributed by atoms with E-state index < -0.39 is 0 Å². The Balaban J connectivity index is 1.33. The monoisotopic (exact) mass is 456 g/mol. The van der Waals surface area contributed by atoms with Gasteiger partial charge in [0.1, 0.15) is 0 Å². The van der Waals surface area contributed by atoms with Crippen LogP contribution in [0, 0.1) is 0 Å². The van der Waals surface area contributed by atoms with Crippen molar-refractivity contribution in [2.75, 3.05) is 12.4 Å². The van der Waals surface area contributed by atoms with Crippen LogP contribution in [0.1, 0.15) is 28.6 Å². The van der Waals surface area contributed by atoms with Crippen molar-refractivity contribution in [3.63, 3.8) is 0 Å². The van der Waals surface area contributed by atoms with Gasteiger partial charge in [-0.05, 0) is 35.0 Å². The molecule has 154 valence electrons. The van der Waals surface area contributed by atoms with Crippen LogP contribution in [0.25, 0.3) is 0 Å². The van der Waals surface area contributed by atoms with Crippen LogP contribution in [0.2, 0.25) is 0 Å². The lowest BCUT2D eigenvalue weighted by molar-refractivity contribution is -0.152. The first kappa shape index (κ1) is 20.8. The number of thiophene rings is 2. The maximum absolute atomic E-state index is 12.8. The third-order valence-electron chi connectivity index (χ3n) is 4.52. The van der Waals surface area contributed by atoms with Gasteiger partial charge in [-0.25, -0.2) is 5.01 Å². The van der Waals surface area contributed by atoms with Crippen LogP contribution >= 0.6 is 34.4 Å². The topological polar surface area (TPSA) is 59.0 Å². The van der Waals surface area contributed by atoms with E-state index in [2.05, 4.69) is 5.10 Å². The molecule has 0 spiro atoms. The van der Waals surface area contributed by atoms with Crippen LogP contribution in [-0.2, 0) is 14.3 Å². The number of hydrogen-bond acceptors (Lipinski definition) is 7. The minimum Gasteiger partial charge on any atom is -0.455 e. The van der Waals surface area contributed by atoms with Crippen molar-refractivity contribution >= 4 is 52.0 Å². The lowest BCUT2D eigenvalue weighted by Crippen LogP contribution is -2.31. The minimum absolute atomic E-state index is 0.151. The first-order valence-electron chi connectivity index (χ1n) is 9.51. The average molecular weight is 457 g/mol. The highest BCUT2D eigenvalue weighted by molar-refractivity contribution is 7.99. The van der Waals surface area contributed by atoms with Crippen molar-refractivity contribution in [3.05, 3.63) is 75.1 Å². The predicted molar refractivity (Wildman–Crippen MR) is 122 cm³/mol. The van der Waals surface area contributed by atoms with Crippen molar-refractivity contribution in [1.29, 1.82) is 0 Å². The summed E-state index contributed by atoms with van der Waals surface area (Å²) < 4.78 is 5.24. The SMILES string of the molecule is O=C(CCSc1ccccc1)OCC(=O)N1N=C(c2cccs2)CC1c1cccs1. The number of thioether (sulfide) groups is 1. The Hall–Kier alpha value is -2.42. The molecule has 0 saturated carbocycles. The molecule has 8 heteroatoms. The van der Waals surface area contributed by atoms with E-state index in [9.17, 15) is 9.59 Å². The van der Waals surface area contributed by atoms with E-state index in [0.717, 1.165) is 20.4 Å². The molecule has 0 bridgehead atoms. The van der Waals surface area contributed by atoms with Gasteiger partial charge < -0.3 is 4.74 Å². The minimum atomic E-state index is -0.374. The van der Waals surface area contributed by atoms with Crippen LogP contribution in [0.5, 0.6) is 0 Å². The largest absolute Gasteiger partial charge is 0.455 e. The number of carbonyl (C=O) groups is 2. The molecule has 3 heterocycles. The summed E-state index contributed by atoms with van der Waals surface area (Å²) in [5.41, 5.74) is 0.891. The summed E-state index contributed by atoms with van der Waals surface area (Å²) in [5.74, 6) is -0.0654. The van der Waals surface area contributed by atoms with Gasteiger partial charge in [-0.15, -0.1) is 34.4 Å². The molecule has 30 heavy (non-hydrogen) atoms. The van der Waals surface area contributed by atoms with E-state index in [-0.39, 0.29) is 30.9 Å². The second-order valence-corrected chi connectivity index (χ2v) is 9.67. The lowest BCUT2D eigenvalue weighted by Gasteiger charge is -2.20. The predicted octanol–water partition coefficient (Wildman–Crippen LogP) is 5.21. The molecule has 0 N–H and O–H groups in total. The van der Waals surface area contributed by atoms with Gasteiger partial charge in [0.15, 0.2) is 6.61 Å². The molecular weight excluding hydrogens is 436 g/mol. The molecule has 1 aliphatic rings. The first-order valence-corrected chi connectivity index (χ1v) is 12.3. The summed E-state index contributed by atoms with van der Waals surface area (Å²) >= 11 is 4.80. The van der Waals surface area contributed by atoms with Gasteiger partial charge in [-0.1, -0.05) is 30.3 Å². The van der Waals surface area contributed by atoms with Crippen molar-refractivity contribution < 1.29 is 14.3 Å². The summed E-state index contributed by atoms with van der Waals surface area (Å²) in [7, 11) is 0. The van der Waals surface area contributed by atoms with Crippen molar-refractivity contribution in [3.8, 4) is 0 Å². The van der Waals surface area contributed by atoms with Crippen molar-refractivity contribution in [1.82, 2.24) is 5.01 Å². The quantitative estimate of drug-likeness (QED) is 0.345. The standard InChI is InChI=1S/C22H20N2O3S3/c25-21(15-27-22(26)10-13-28-16-6-2-1-3-7-16)24-18(20-9-5-12-30-20)14-17(23-24)19-8-4-11-29-19/h1-9,11-12,18H,10,13-15H2. The number of amides is 1. The highest BCUT2D eigenvalue weighted by Crippen LogP contribution is 2.35. The van der Waals surface area contributed by atoms with Gasteiger partial charge in [0.25, 0.3) is 5.91 Å². The van der Waals surface area contributed by atoms with Crippen molar-refractivity contribution in [2.45, 2.75) is 23.8 Å². The second kappa shape index (κ2) is 10.1. The molecular formula is C22H20N2O3S3. The van der Waals surface area contributed by atoms with Gasteiger partial charge in [-0.2, -0.15) is 5.10 Å². The molecule has 1 aliphatic heterocycles. The zero-order valence-corrected chi connectivity index (χ0v) is 18.6. The first-order chi connectivity index (χ1) is 14.7. The number of benzene rings is 1. The van der Waals surface area contributed by atoms with E-state index in [0.29, 0.717) is 12.2 Å². The highest BCUT2D eigenvalue weighted by atomic mass is 32.2. The normalized spacial score (nSPS) is 15.8. The number of hydrogen-bond donors (Lipinski definition) is 0. The maximum atomic E-state index is 12.8. The zero-order chi connectivity index (χ0) is 20.8. The highest BCUT2D eigenvalue weighted by Gasteiger charge is 2.34. The Morgan fingerprint density at radius 1 is 1.07 bits per heavy atom. The Kier molecular flexibility index (Phi) is 6.99. The third kappa shape index (κ3) is 5.19. The number of esters is 1. The molecule has 5 nitrogen and oxygen atoms in total. The number of nitrogens with zero attached hydrogens (tertiary/aromatic N) is 2. The van der Waals surface area contributed by atoms with Crippen LogP contribution < -0.4 is 0 Å². The molecule has 1 amide bonds. The number of rotatable bonds is 8. The maximum Gasteiger partial charge on any atom is 0.307 e. The Bertz CT molecular complexity index is 1000. The zero-order valence-electron chi connectivity index (χ0n) is 16.1. The summed E-state index contributed by atoms with van der Waals surface area (Å²) in [6.45, 7) is -0.294. The molecule has 0 radical (unpaired) electrons. The van der Waals surface area contributed by atoms with E-state index in [1.54, 1.807) is 34.4 Å². The molecule has 2 aromatic heterocycles. The fraction of sp³-hybridized carbons (Fsp3) is 0.227. The molecule has 1 unspecified atom stereocenters. The van der Waals surface area contributed by atoms with Gasteiger partial charge in [0.05, 0.1) is 23.1 Å². The van der Waals surface area contributed by atoms with Crippen LogP contribution in [0.4, 0.5) is 0 Å². The summed E-state index contributed by atoms with van der Waals surface area (Å²) in [5, 5.41) is 10.0. The number of carbonyl (C=O) groups excluding carboxylic acids is 2. The van der Waals surface area contributed by atoms with Crippen LogP contribution in [0.15, 0.2) is 75.4 Å². The van der Waals surface area contributed by atoms with Gasteiger partial charge in [-0.3, -0.25) is 9.59 Å². The fourth-order valence-corrected chi connectivity index (χ4v) is 5.47. The van der Waals surface area contributed by atoms with Gasteiger partial charge >= 0.3 is 5.97 Å². The molecule has 0 saturated heterocycles. The smallest absolute Gasteiger partial charge is 0.307 e.